The molecule has 4 heteroatoms. The smallest absolute Gasteiger partial charge is 0.270 e. The molecular weight excluding hydrogens is 242 g/mol. The van der Waals surface area contributed by atoms with Crippen molar-refractivity contribution in [1.82, 2.24) is 0 Å². The van der Waals surface area contributed by atoms with Crippen LogP contribution in [-0.2, 0) is 5.60 Å². The minimum Gasteiger partial charge on any atom is -0.379 e. The zero-order chi connectivity index (χ0) is 10.1. The topological polar surface area (TPSA) is 20.2 Å². The van der Waals surface area contributed by atoms with Gasteiger partial charge in [-0.1, -0.05) is 28.1 Å². The summed E-state index contributed by atoms with van der Waals surface area (Å²) in [4.78, 5) is 0. The van der Waals surface area contributed by atoms with Gasteiger partial charge in [-0.3, -0.25) is 0 Å². The lowest BCUT2D eigenvalue weighted by atomic mass is 9.97. The monoisotopic (exact) mass is 250 g/mol. The molecule has 0 saturated carbocycles. The van der Waals surface area contributed by atoms with E-state index in [0.717, 1.165) is 6.92 Å². The molecule has 0 saturated heterocycles. The highest BCUT2D eigenvalue weighted by molar-refractivity contribution is 9.10. The molecule has 1 aromatic rings. The third kappa shape index (κ3) is 2.25. The Kier molecular flexibility index (Phi) is 3.03. The van der Waals surface area contributed by atoms with Gasteiger partial charge in [-0.05, 0) is 24.6 Å². The molecule has 1 unspecified atom stereocenters. The highest BCUT2D eigenvalue weighted by atomic mass is 79.9. The zero-order valence-electron chi connectivity index (χ0n) is 6.97. The van der Waals surface area contributed by atoms with Gasteiger partial charge in [-0.2, -0.15) is 0 Å². The molecule has 0 amide bonds. The number of benzene rings is 1. The van der Waals surface area contributed by atoms with E-state index in [1.165, 1.54) is 12.1 Å². The van der Waals surface area contributed by atoms with Gasteiger partial charge in [0, 0.05) is 4.47 Å². The Morgan fingerprint density at radius 3 is 2.54 bits per heavy atom. The van der Waals surface area contributed by atoms with Crippen molar-refractivity contribution >= 4 is 15.9 Å². The van der Waals surface area contributed by atoms with Gasteiger partial charge in [0.25, 0.3) is 6.43 Å². The maximum Gasteiger partial charge on any atom is 0.270 e. The molecule has 1 rings (SSSR count). The van der Waals surface area contributed by atoms with Gasteiger partial charge < -0.3 is 5.11 Å². The van der Waals surface area contributed by atoms with Crippen LogP contribution in [0.25, 0.3) is 0 Å². The van der Waals surface area contributed by atoms with E-state index in [1.807, 2.05) is 0 Å². The lowest BCUT2D eigenvalue weighted by Gasteiger charge is -2.22. The van der Waals surface area contributed by atoms with Crippen LogP contribution in [0.1, 0.15) is 12.5 Å². The molecule has 0 heterocycles. The Bertz CT molecular complexity index is 299. The first-order valence-corrected chi connectivity index (χ1v) is 4.50. The zero-order valence-corrected chi connectivity index (χ0v) is 8.55. The molecule has 0 aliphatic heterocycles. The number of aliphatic hydroxyl groups is 1. The molecule has 0 aliphatic carbocycles. The highest BCUT2D eigenvalue weighted by Crippen LogP contribution is 2.29. The van der Waals surface area contributed by atoms with Gasteiger partial charge in [0.15, 0.2) is 0 Å². The Labute approximate surface area is 83.5 Å². The lowest BCUT2D eigenvalue weighted by Crippen LogP contribution is -2.30. The first-order chi connectivity index (χ1) is 5.94. The van der Waals surface area contributed by atoms with Crippen LogP contribution in [0.3, 0.4) is 0 Å². The van der Waals surface area contributed by atoms with Gasteiger partial charge in [-0.25, -0.2) is 8.78 Å². The normalized spacial score (nSPS) is 15.8. The summed E-state index contributed by atoms with van der Waals surface area (Å²) < 4.78 is 25.4. The number of rotatable bonds is 2. The Hall–Kier alpha value is -0.480. The second-order valence-corrected chi connectivity index (χ2v) is 3.87. The average molecular weight is 251 g/mol. The van der Waals surface area contributed by atoms with E-state index in [0.29, 0.717) is 4.47 Å². The van der Waals surface area contributed by atoms with Gasteiger partial charge in [-0.15, -0.1) is 0 Å². The number of hydrogen-bond acceptors (Lipinski definition) is 1. The fourth-order valence-electron chi connectivity index (χ4n) is 0.929. The summed E-state index contributed by atoms with van der Waals surface area (Å²) in [5.41, 5.74) is -1.87. The fraction of sp³-hybridized carbons (Fsp3) is 0.333. The molecule has 0 aliphatic rings. The molecule has 0 spiro atoms. The third-order valence-electron chi connectivity index (χ3n) is 1.83. The SMILES string of the molecule is CC(O)(c1cccc(Br)c1)C(F)F. The molecule has 1 atom stereocenters. The summed E-state index contributed by atoms with van der Waals surface area (Å²) in [5.74, 6) is 0. The van der Waals surface area contributed by atoms with E-state index in [-0.39, 0.29) is 5.56 Å². The maximum atomic E-state index is 12.4. The molecule has 0 aromatic heterocycles. The van der Waals surface area contributed by atoms with E-state index >= 15 is 0 Å². The van der Waals surface area contributed by atoms with Crippen molar-refractivity contribution in [3.8, 4) is 0 Å². The van der Waals surface area contributed by atoms with E-state index in [9.17, 15) is 13.9 Å². The molecule has 72 valence electrons. The minimum absolute atomic E-state index is 0.205. The van der Waals surface area contributed by atoms with Crippen LogP contribution in [0.15, 0.2) is 28.7 Å². The van der Waals surface area contributed by atoms with Crippen molar-refractivity contribution in [2.24, 2.45) is 0 Å². The average Bonchev–Trinajstić information content (AvgIpc) is 2.04. The lowest BCUT2D eigenvalue weighted by molar-refractivity contribution is -0.0883. The summed E-state index contributed by atoms with van der Waals surface area (Å²) in [6.07, 6.45) is -2.79. The Balaban J connectivity index is 3.07. The summed E-state index contributed by atoms with van der Waals surface area (Å²) in [6, 6.07) is 6.27. The number of hydrogen-bond donors (Lipinski definition) is 1. The van der Waals surface area contributed by atoms with Crippen LogP contribution in [0, 0.1) is 0 Å². The van der Waals surface area contributed by atoms with Crippen molar-refractivity contribution in [2.75, 3.05) is 0 Å². The van der Waals surface area contributed by atoms with Gasteiger partial charge >= 0.3 is 0 Å². The van der Waals surface area contributed by atoms with Crippen molar-refractivity contribution < 1.29 is 13.9 Å². The van der Waals surface area contributed by atoms with E-state index in [1.54, 1.807) is 12.1 Å². The first kappa shape index (κ1) is 10.6. The number of halogens is 3. The molecular formula is C9H9BrF2O. The molecule has 13 heavy (non-hydrogen) atoms. The van der Waals surface area contributed by atoms with Crippen molar-refractivity contribution in [2.45, 2.75) is 19.0 Å². The largest absolute Gasteiger partial charge is 0.379 e. The Morgan fingerprint density at radius 1 is 1.46 bits per heavy atom. The summed E-state index contributed by atoms with van der Waals surface area (Å²) in [7, 11) is 0. The van der Waals surface area contributed by atoms with Crippen LogP contribution in [0.4, 0.5) is 8.78 Å². The number of alkyl halides is 2. The van der Waals surface area contributed by atoms with E-state index in [4.69, 9.17) is 0 Å². The van der Waals surface area contributed by atoms with E-state index < -0.39 is 12.0 Å². The minimum atomic E-state index is -2.79. The molecule has 1 aromatic carbocycles. The second kappa shape index (κ2) is 3.72. The van der Waals surface area contributed by atoms with Crippen LogP contribution < -0.4 is 0 Å². The summed E-state index contributed by atoms with van der Waals surface area (Å²) in [5, 5.41) is 9.42. The standard InChI is InChI=1S/C9H9BrF2O/c1-9(13,8(11)12)6-3-2-4-7(10)5-6/h2-5,8,13H,1H3. The third-order valence-corrected chi connectivity index (χ3v) is 2.33. The molecule has 1 nitrogen and oxygen atoms in total. The van der Waals surface area contributed by atoms with Crippen LogP contribution in [0.2, 0.25) is 0 Å². The highest BCUT2D eigenvalue weighted by Gasteiger charge is 2.34. The van der Waals surface area contributed by atoms with Crippen LogP contribution in [-0.4, -0.2) is 11.5 Å². The molecule has 1 N–H and O–H groups in total. The molecule has 0 radical (unpaired) electrons. The van der Waals surface area contributed by atoms with Crippen LogP contribution in [0.5, 0.6) is 0 Å². The molecule has 0 fully saturated rings. The van der Waals surface area contributed by atoms with E-state index in [2.05, 4.69) is 15.9 Å². The van der Waals surface area contributed by atoms with Crippen molar-refractivity contribution in [1.29, 1.82) is 0 Å². The molecule has 0 bridgehead atoms. The summed E-state index contributed by atoms with van der Waals surface area (Å²) >= 11 is 3.15. The second-order valence-electron chi connectivity index (χ2n) is 2.96. The van der Waals surface area contributed by atoms with Gasteiger partial charge in [0.1, 0.15) is 5.60 Å². The fourth-order valence-corrected chi connectivity index (χ4v) is 1.33. The van der Waals surface area contributed by atoms with Crippen molar-refractivity contribution in [3.63, 3.8) is 0 Å². The summed E-state index contributed by atoms with van der Waals surface area (Å²) in [6.45, 7) is 1.10. The predicted octanol–water partition coefficient (Wildman–Crippen LogP) is 2.92. The maximum absolute atomic E-state index is 12.4. The Morgan fingerprint density at radius 2 is 2.08 bits per heavy atom. The van der Waals surface area contributed by atoms with Crippen molar-refractivity contribution in [3.05, 3.63) is 34.3 Å². The van der Waals surface area contributed by atoms with Gasteiger partial charge in [0.05, 0.1) is 0 Å². The predicted molar refractivity (Wildman–Crippen MR) is 49.7 cm³/mol. The van der Waals surface area contributed by atoms with Gasteiger partial charge in [0.2, 0.25) is 0 Å². The first-order valence-electron chi connectivity index (χ1n) is 3.71. The van der Waals surface area contributed by atoms with Crippen LogP contribution >= 0.6 is 15.9 Å². The quantitative estimate of drug-likeness (QED) is 0.856.